The van der Waals surface area contributed by atoms with E-state index in [1.807, 2.05) is 6.92 Å². The molecule has 2 aromatic heterocycles. The first kappa shape index (κ1) is 14.3. The third-order valence-corrected chi connectivity index (χ3v) is 4.79. The highest BCUT2D eigenvalue weighted by Crippen LogP contribution is 2.28. The molecule has 0 aliphatic heterocycles. The predicted octanol–water partition coefficient (Wildman–Crippen LogP) is 3.98. The molecule has 19 heavy (non-hydrogen) atoms. The number of rotatable bonds is 6. The monoisotopic (exact) mass is 278 g/mol. The van der Waals surface area contributed by atoms with Crippen molar-refractivity contribution in [1.29, 1.82) is 0 Å². The highest BCUT2D eigenvalue weighted by atomic mass is 32.1. The molecule has 2 heterocycles. The quantitative estimate of drug-likeness (QED) is 0.812. The molecule has 0 spiro atoms. The molecule has 1 N–H and O–H groups in total. The average Bonchev–Trinajstić information content (AvgIpc) is 2.72. The number of hydrogen-bond acceptors (Lipinski definition) is 3. The fourth-order valence-corrected chi connectivity index (χ4v) is 3.59. The summed E-state index contributed by atoms with van der Waals surface area (Å²) in [5, 5.41) is 0.799. The summed E-state index contributed by atoms with van der Waals surface area (Å²) in [5.74, 6) is 0.788. The molecule has 2 rings (SSSR count). The lowest BCUT2D eigenvalue weighted by Gasteiger charge is -1.99. The van der Waals surface area contributed by atoms with Gasteiger partial charge in [-0.15, -0.1) is 11.3 Å². The number of aryl methyl sites for hydroxylation is 3. The van der Waals surface area contributed by atoms with Crippen molar-refractivity contribution in [2.45, 2.75) is 59.3 Å². The van der Waals surface area contributed by atoms with E-state index in [9.17, 15) is 4.79 Å². The summed E-state index contributed by atoms with van der Waals surface area (Å²) in [4.78, 5) is 21.7. The van der Waals surface area contributed by atoms with Crippen LogP contribution >= 0.6 is 11.3 Å². The van der Waals surface area contributed by atoms with Gasteiger partial charge in [-0.2, -0.15) is 0 Å². The summed E-state index contributed by atoms with van der Waals surface area (Å²) in [6.45, 7) is 6.28. The van der Waals surface area contributed by atoms with Crippen LogP contribution in [0.5, 0.6) is 0 Å². The molecule has 3 nitrogen and oxygen atoms in total. The molecule has 0 radical (unpaired) electrons. The molecule has 0 unspecified atom stereocenters. The lowest BCUT2D eigenvalue weighted by Crippen LogP contribution is -2.10. The number of fused-ring (bicyclic) bond motifs is 1. The van der Waals surface area contributed by atoms with Gasteiger partial charge < -0.3 is 4.98 Å². The molecule has 0 aromatic carbocycles. The molecule has 0 aliphatic rings. The summed E-state index contributed by atoms with van der Waals surface area (Å²) in [5.41, 5.74) is 1.16. The number of aromatic nitrogens is 2. The Balaban J connectivity index is 2.29. The van der Waals surface area contributed by atoms with Crippen LogP contribution in [0.25, 0.3) is 10.2 Å². The second kappa shape index (κ2) is 6.33. The van der Waals surface area contributed by atoms with E-state index in [2.05, 4.69) is 23.8 Å². The number of hydrogen-bond donors (Lipinski definition) is 1. The van der Waals surface area contributed by atoms with Gasteiger partial charge in [0, 0.05) is 11.3 Å². The zero-order valence-electron chi connectivity index (χ0n) is 12.0. The zero-order chi connectivity index (χ0) is 13.8. The van der Waals surface area contributed by atoms with Crippen molar-refractivity contribution in [3.05, 3.63) is 26.6 Å². The SMILES string of the molecule is CCCCCCc1sc2nc(CC)[nH]c(=O)c2c1C. The van der Waals surface area contributed by atoms with Gasteiger partial charge in [0.05, 0.1) is 5.39 Å². The Bertz CT molecular complexity index is 612. The van der Waals surface area contributed by atoms with E-state index < -0.39 is 0 Å². The van der Waals surface area contributed by atoms with Gasteiger partial charge in [-0.1, -0.05) is 33.1 Å². The second-order valence-electron chi connectivity index (χ2n) is 5.01. The third kappa shape index (κ3) is 3.06. The molecule has 0 aliphatic carbocycles. The first-order chi connectivity index (χ1) is 9.17. The van der Waals surface area contributed by atoms with Gasteiger partial charge in [0.1, 0.15) is 10.7 Å². The second-order valence-corrected chi connectivity index (χ2v) is 6.09. The van der Waals surface area contributed by atoms with Crippen molar-refractivity contribution in [2.24, 2.45) is 0 Å². The average molecular weight is 278 g/mol. The van der Waals surface area contributed by atoms with Crippen molar-refractivity contribution < 1.29 is 0 Å². The largest absolute Gasteiger partial charge is 0.310 e. The topological polar surface area (TPSA) is 45.8 Å². The van der Waals surface area contributed by atoms with E-state index in [0.717, 1.165) is 34.4 Å². The summed E-state index contributed by atoms with van der Waals surface area (Å²) < 4.78 is 0. The van der Waals surface area contributed by atoms with Gasteiger partial charge in [0.2, 0.25) is 0 Å². The van der Waals surface area contributed by atoms with Crippen LogP contribution < -0.4 is 5.56 Å². The van der Waals surface area contributed by atoms with Crippen molar-refractivity contribution >= 4 is 21.6 Å². The normalized spacial score (nSPS) is 11.3. The van der Waals surface area contributed by atoms with Crippen LogP contribution in [0.1, 0.15) is 55.8 Å². The van der Waals surface area contributed by atoms with E-state index in [1.165, 1.54) is 30.6 Å². The maximum Gasteiger partial charge on any atom is 0.259 e. The maximum absolute atomic E-state index is 12.1. The zero-order valence-corrected chi connectivity index (χ0v) is 12.8. The molecule has 0 fully saturated rings. The molecule has 0 bridgehead atoms. The Labute approximate surface area is 118 Å². The lowest BCUT2D eigenvalue weighted by molar-refractivity contribution is 0.669. The van der Waals surface area contributed by atoms with Gasteiger partial charge in [0.25, 0.3) is 5.56 Å². The third-order valence-electron chi connectivity index (χ3n) is 3.54. The number of nitrogens with zero attached hydrogens (tertiary/aromatic N) is 1. The van der Waals surface area contributed by atoms with Crippen LogP contribution in [0.4, 0.5) is 0 Å². The van der Waals surface area contributed by atoms with Crippen molar-refractivity contribution in [3.8, 4) is 0 Å². The molecular formula is C15H22N2OS. The number of nitrogens with one attached hydrogen (secondary N) is 1. The summed E-state index contributed by atoms with van der Waals surface area (Å²) >= 11 is 1.69. The number of H-pyrrole nitrogens is 1. The predicted molar refractivity (Wildman–Crippen MR) is 82.2 cm³/mol. The Morgan fingerprint density at radius 3 is 2.68 bits per heavy atom. The maximum atomic E-state index is 12.1. The van der Waals surface area contributed by atoms with Gasteiger partial charge >= 0.3 is 0 Å². The Hall–Kier alpha value is -1.16. The van der Waals surface area contributed by atoms with E-state index in [4.69, 9.17) is 0 Å². The summed E-state index contributed by atoms with van der Waals surface area (Å²) in [7, 11) is 0. The standard InChI is InChI=1S/C15H22N2OS/c1-4-6-7-8-9-11-10(3)13-14(18)16-12(5-2)17-15(13)19-11/h4-9H2,1-3H3,(H,16,17,18). The Morgan fingerprint density at radius 2 is 2.00 bits per heavy atom. The Morgan fingerprint density at radius 1 is 1.21 bits per heavy atom. The molecule has 0 atom stereocenters. The highest BCUT2D eigenvalue weighted by molar-refractivity contribution is 7.18. The molecule has 0 saturated heterocycles. The van der Waals surface area contributed by atoms with Crippen molar-refractivity contribution in [3.63, 3.8) is 0 Å². The molecular weight excluding hydrogens is 256 g/mol. The fourth-order valence-electron chi connectivity index (χ4n) is 2.35. The van der Waals surface area contributed by atoms with E-state index in [0.29, 0.717) is 0 Å². The number of aromatic amines is 1. The van der Waals surface area contributed by atoms with Crippen LogP contribution in [-0.2, 0) is 12.8 Å². The minimum Gasteiger partial charge on any atom is -0.310 e. The Kier molecular flexibility index (Phi) is 4.75. The van der Waals surface area contributed by atoms with Crippen molar-refractivity contribution in [2.75, 3.05) is 0 Å². The highest BCUT2D eigenvalue weighted by Gasteiger charge is 2.13. The lowest BCUT2D eigenvalue weighted by atomic mass is 10.1. The van der Waals surface area contributed by atoms with Crippen LogP contribution in [0.2, 0.25) is 0 Å². The fraction of sp³-hybridized carbons (Fsp3) is 0.600. The number of thiophene rings is 1. The van der Waals surface area contributed by atoms with Gasteiger partial charge in [-0.3, -0.25) is 4.79 Å². The molecule has 104 valence electrons. The molecule has 2 aromatic rings. The van der Waals surface area contributed by atoms with E-state index in [1.54, 1.807) is 11.3 Å². The molecule has 4 heteroatoms. The summed E-state index contributed by atoms with van der Waals surface area (Å²) in [6.07, 6.45) is 6.88. The van der Waals surface area contributed by atoms with Crippen LogP contribution in [0.15, 0.2) is 4.79 Å². The van der Waals surface area contributed by atoms with E-state index >= 15 is 0 Å². The first-order valence-corrected chi connectivity index (χ1v) is 8.00. The van der Waals surface area contributed by atoms with Gasteiger partial charge in [0.15, 0.2) is 0 Å². The van der Waals surface area contributed by atoms with Gasteiger partial charge in [-0.25, -0.2) is 4.98 Å². The van der Waals surface area contributed by atoms with E-state index in [-0.39, 0.29) is 5.56 Å². The first-order valence-electron chi connectivity index (χ1n) is 7.18. The minimum atomic E-state index is 0.0235. The molecule has 0 saturated carbocycles. The number of unbranched alkanes of at least 4 members (excludes halogenated alkanes) is 3. The van der Waals surface area contributed by atoms with Crippen LogP contribution in [0.3, 0.4) is 0 Å². The summed E-state index contributed by atoms with van der Waals surface area (Å²) in [6, 6.07) is 0. The smallest absolute Gasteiger partial charge is 0.259 e. The molecule has 0 amide bonds. The van der Waals surface area contributed by atoms with Crippen molar-refractivity contribution in [1.82, 2.24) is 9.97 Å². The van der Waals surface area contributed by atoms with Crippen LogP contribution in [-0.4, -0.2) is 9.97 Å². The minimum absolute atomic E-state index is 0.0235. The van der Waals surface area contributed by atoms with Crippen LogP contribution in [0, 0.1) is 6.92 Å². The van der Waals surface area contributed by atoms with Gasteiger partial charge in [-0.05, 0) is 25.3 Å².